The van der Waals surface area contributed by atoms with E-state index in [1.54, 1.807) is 12.5 Å². The fraction of sp³-hybridized carbons (Fsp3) is 0.500. The molecule has 6 heteroatoms. The summed E-state index contributed by atoms with van der Waals surface area (Å²) in [5.41, 5.74) is 4.17. The molecule has 138 valence electrons. The highest BCUT2D eigenvalue weighted by Crippen LogP contribution is 2.28. The van der Waals surface area contributed by atoms with E-state index in [0.29, 0.717) is 40.9 Å². The minimum atomic E-state index is 0.301. The molecule has 3 aromatic rings. The molecule has 0 radical (unpaired) electrons. The number of aromatic nitrogens is 4. The topological polar surface area (TPSA) is 77.8 Å². The molecule has 0 N–H and O–H groups in total. The van der Waals surface area contributed by atoms with Crippen molar-refractivity contribution in [2.45, 2.75) is 59.8 Å². The number of nitrogens with zero attached hydrogens (tertiary/aromatic N) is 4. The number of oxazole rings is 2. The van der Waals surface area contributed by atoms with Crippen molar-refractivity contribution in [3.63, 3.8) is 0 Å². The zero-order valence-corrected chi connectivity index (χ0v) is 16.3. The van der Waals surface area contributed by atoms with Gasteiger partial charge in [-0.05, 0) is 35.8 Å². The maximum Gasteiger partial charge on any atom is 0.247 e. The van der Waals surface area contributed by atoms with Crippen LogP contribution in [0.1, 0.15) is 70.3 Å². The van der Waals surface area contributed by atoms with Gasteiger partial charge >= 0.3 is 0 Å². The quantitative estimate of drug-likeness (QED) is 0.603. The largest absolute Gasteiger partial charge is 0.443 e. The van der Waals surface area contributed by atoms with Crippen molar-refractivity contribution in [2.75, 3.05) is 0 Å². The Morgan fingerprint density at radius 1 is 0.808 bits per heavy atom. The van der Waals surface area contributed by atoms with Gasteiger partial charge in [-0.1, -0.05) is 41.5 Å². The van der Waals surface area contributed by atoms with Gasteiger partial charge in [0.15, 0.2) is 5.69 Å². The van der Waals surface area contributed by atoms with Gasteiger partial charge in [-0.25, -0.2) is 9.97 Å². The molecule has 0 saturated carbocycles. The van der Waals surface area contributed by atoms with Gasteiger partial charge < -0.3 is 8.83 Å². The first-order valence-electron chi connectivity index (χ1n) is 9.13. The summed E-state index contributed by atoms with van der Waals surface area (Å²) in [6, 6.07) is 1.98. The lowest BCUT2D eigenvalue weighted by atomic mass is 10.0. The Morgan fingerprint density at radius 3 is 1.92 bits per heavy atom. The maximum atomic E-state index is 5.66. The normalized spacial score (nSPS) is 11.9. The molecule has 6 nitrogen and oxygen atoms in total. The van der Waals surface area contributed by atoms with E-state index in [9.17, 15) is 0 Å². The van der Waals surface area contributed by atoms with Crippen LogP contribution in [0.15, 0.2) is 27.4 Å². The first-order chi connectivity index (χ1) is 12.3. The van der Waals surface area contributed by atoms with Gasteiger partial charge in [0.05, 0.1) is 11.4 Å². The van der Waals surface area contributed by atoms with Crippen molar-refractivity contribution >= 4 is 0 Å². The Morgan fingerprint density at radius 2 is 1.38 bits per heavy atom. The van der Waals surface area contributed by atoms with Gasteiger partial charge in [0.25, 0.3) is 0 Å². The Balaban J connectivity index is 2.01. The van der Waals surface area contributed by atoms with Crippen LogP contribution in [0.2, 0.25) is 0 Å². The van der Waals surface area contributed by atoms with Crippen LogP contribution in [0.25, 0.3) is 23.2 Å². The third-order valence-corrected chi connectivity index (χ3v) is 4.15. The Kier molecular flexibility index (Phi) is 5.20. The summed E-state index contributed by atoms with van der Waals surface area (Å²) in [4.78, 5) is 9.09. The molecule has 0 atom stereocenters. The summed E-state index contributed by atoms with van der Waals surface area (Å²) in [5.74, 6) is 2.07. The predicted octanol–water partition coefficient (Wildman–Crippen LogP) is 5.23. The van der Waals surface area contributed by atoms with E-state index in [1.807, 2.05) is 6.07 Å². The van der Waals surface area contributed by atoms with E-state index in [2.05, 4.69) is 61.7 Å². The maximum absolute atomic E-state index is 5.66. The molecular formula is C20H26N4O2. The monoisotopic (exact) mass is 354 g/mol. The van der Waals surface area contributed by atoms with Crippen LogP contribution in [-0.4, -0.2) is 20.2 Å². The molecular weight excluding hydrogens is 328 g/mol. The van der Waals surface area contributed by atoms with Crippen LogP contribution >= 0.6 is 0 Å². The van der Waals surface area contributed by atoms with E-state index in [1.165, 1.54) is 0 Å². The molecule has 0 spiro atoms. The molecule has 0 fully saturated rings. The standard InChI is InChI=1S/C20H26N4O2/c1-11(2)7-14-8-15(19-21-16(9-25-19)12(3)4)23-24-18(14)20-22-17(10-26-20)13(5)6/h8-13H,7H2,1-6H3. The van der Waals surface area contributed by atoms with Gasteiger partial charge in [-0.3, -0.25) is 0 Å². The van der Waals surface area contributed by atoms with Crippen molar-refractivity contribution < 1.29 is 8.83 Å². The molecule has 26 heavy (non-hydrogen) atoms. The van der Waals surface area contributed by atoms with Crippen LogP contribution in [-0.2, 0) is 6.42 Å². The number of hydrogen-bond acceptors (Lipinski definition) is 6. The third-order valence-electron chi connectivity index (χ3n) is 4.15. The van der Waals surface area contributed by atoms with Crippen molar-refractivity contribution in [1.29, 1.82) is 0 Å². The number of rotatable bonds is 6. The first kappa shape index (κ1) is 18.3. The lowest BCUT2D eigenvalue weighted by Gasteiger charge is -2.09. The SMILES string of the molecule is CC(C)Cc1cc(-c2nc(C(C)C)co2)nnc1-c1nc(C(C)C)co1. The van der Waals surface area contributed by atoms with Crippen LogP contribution < -0.4 is 0 Å². The van der Waals surface area contributed by atoms with Gasteiger partial charge in [0.2, 0.25) is 11.8 Å². The van der Waals surface area contributed by atoms with E-state index in [0.717, 1.165) is 23.4 Å². The zero-order chi connectivity index (χ0) is 18.8. The minimum absolute atomic E-state index is 0.301. The van der Waals surface area contributed by atoms with E-state index in [4.69, 9.17) is 8.83 Å². The lowest BCUT2D eigenvalue weighted by Crippen LogP contribution is -2.03. The van der Waals surface area contributed by atoms with Crippen molar-refractivity contribution in [3.05, 3.63) is 35.5 Å². The van der Waals surface area contributed by atoms with Crippen molar-refractivity contribution in [1.82, 2.24) is 20.2 Å². The van der Waals surface area contributed by atoms with E-state index < -0.39 is 0 Å². The predicted molar refractivity (Wildman–Crippen MR) is 99.7 cm³/mol. The second-order valence-electron chi connectivity index (χ2n) is 7.67. The van der Waals surface area contributed by atoms with Gasteiger partial charge in [0, 0.05) is 0 Å². The Bertz CT molecular complexity index is 878. The molecule has 0 aromatic carbocycles. The van der Waals surface area contributed by atoms with Gasteiger partial charge in [-0.2, -0.15) is 0 Å². The van der Waals surface area contributed by atoms with Crippen LogP contribution in [0, 0.1) is 5.92 Å². The third kappa shape index (κ3) is 3.84. The molecule has 0 bridgehead atoms. The summed E-state index contributed by atoms with van der Waals surface area (Å²) in [6.45, 7) is 12.7. The highest BCUT2D eigenvalue weighted by Gasteiger charge is 2.19. The molecule has 3 rings (SSSR count). The molecule has 3 aromatic heterocycles. The summed E-state index contributed by atoms with van der Waals surface area (Å²) >= 11 is 0. The lowest BCUT2D eigenvalue weighted by molar-refractivity contribution is 0.559. The van der Waals surface area contributed by atoms with Crippen molar-refractivity contribution in [3.8, 4) is 23.2 Å². The fourth-order valence-electron chi connectivity index (χ4n) is 2.64. The van der Waals surface area contributed by atoms with E-state index in [-0.39, 0.29) is 0 Å². The average molecular weight is 354 g/mol. The summed E-state index contributed by atoms with van der Waals surface area (Å²) in [6.07, 6.45) is 4.22. The zero-order valence-electron chi connectivity index (χ0n) is 16.3. The Hall–Kier alpha value is -2.50. The summed E-state index contributed by atoms with van der Waals surface area (Å²) < 4.78 is 11.3. The molecule has 3 heterocycles. The van der Waals surface area contributed by atoms with E-state index >= 15 is 0 Å². The van der Waals surface area contributed by atoms with Crippen LogP contribution in [0.4, 0.5) is 0 Å². The fourth-order valence-corrected chi connectivity index (χ4v) is 2.64. The highest BCUT2D eigenvalue weighted by molar-refractivity contribution is 5.58. The summed E-state index contributed by atoms with van der Waals surface area (Å²) in [7, 11) is 0. The average Bonchev–Trinajstić information content (AvgIpc) is 3.24. The molecule has 0 aliphatic heterocycles. The highest BCUT2D eigenvalue weighted by atomic mass is 16.3. The molecule has 0 amide bonds. The Labute approximate surface area is 154 Å². The minimum Gasteiger partial charge on any atom is -0.443 e. The summed E-state index contributed by atoms with van der Waals surface area (Å²) in [5, 5.41) is 8.71. The van der Waals surface area contributed by atoms with Crippen LogP contribution in [0.5, 0.6) is 0 Å². The molecule has 0 aliphatic rings. The second kappa shape index (κ2) is 7.40. The molecule has 0 aliphatic carbocycles. The molecule has 0 unspecified atom stereocenters. The smallest absolute Gasteiger partial charge is 0.247 e. The van der Waals surface area contributed by atoms with Gasteiger partial charge in [0.1, 0.15) is 18.2 Å². The molecule has 0 saturated heterocycles. The number of hydrogen-bond donors (Lipinski definition) is 0. The van der Waals surface area contributed by atoms with Crippen LogP contribution in [0.3, 0.4) is 0 Å². The van der Waals surface area contributed by atoms with Gasteiger partial charge in [-0.15, -0.1) is 10.2 Å². The second-order valence-corrected chi connectivity index (χ2v) is 7.67. The first-order valence-corrected chi connectivity index (χ1v) is 9.13. The van der Waals surface area contributed by atoms with Crippen molar-refractivity contribution in [2.24, 2.45) is 5.92 Å².